The molecule has 0 aliphatic rings. The molecule has 130 valence electrons. The molecule has 2 amide bonds. The quantitative estimate of drug-likeness (QED) is 0.578. The highest BCUT2D eigenvalue weighted by Crippen LogP contribution is 2.13. The molecule has 0 fully saturated rings. The molecule has 0 aromatic heterocycles. The molecular weight excluding hydrogens is 338 g/mol. The largest absolute Gasteiger partial charge is 0.494 e. The van der Waals surface area contributed by atoms with Gasteiger partial charge < -0.3 is 4.74 Å². The Kier molecular flexibility index (Phi) is 6.47. The van der Waals surface area contributed by atoms with Gasteiger partial charge in [0.2, 0.25) is 0 Å². The summed E-state index contributed by atoms with van der Waals surface area (Å²) in [7, 11) is 0. The minimum absolute atomic E-state index is 0.00715. The van der Waals surface area contributed by atoms with Gasteiger partial charge in [-0.1, -0.05) is 23.8 Å². The van der Waals surface area contributed by atoms with Gasteiger partial charge in [0.15, 0.2) is 5.11 Å². The zero-order valence-corrected chi connectivity index (χ0v) is 14.8. The summed E-state index contributed by atoms with van der Waals surface area (Å²) in [5, 5.41) is 2.49. The first-order chi connectivity index (χ1) is 12.0. The van der Waals surface area contributed by atoms with E-state index in [1.165, 1.54) is 0 Å². The number of carbonyl (C=O) groups excluding carboxylic acids is 2. The van der Waals surface area contributed by atoms with Crippen LogP contribution in [-0.2, 0) is 0 Å². The molecule has 0 aliphatic carbocycles. The van der Waals surface area contributed by atoms with Gasteiger partial charge in [0.05, 0.1) is 6.61 Å². The topological polar surface area (TPSA) is 79.5 Å². The minimum Gasteiger partial charge on any atom is -0.494 e. The zero-order valence-electron chi connectivity index (χ0n) is 14.0. The molecule has 3 N–H and O–H groups in total. The van der Waals surface area contributed by atoms with Crippen molar-refractivity contribution in [2.45, 2.75) is 13.8 Å². The number of hydrogen-bond donors (Lipinski definition) is 3. The van der Waals surface area contributed by atoms with E-state index in [1.54, 1.807) is 36.4 Å². The third kappa shape index (κ3) is 5.58. The SMILES string of the molecule is CCOc1cccc(C(=O)NC(=S)NNC(=O)c2ccc(C)cc2)c1. The second kappa shape index (κ2) is 8.79. The Balaban J connectivity index is 1.87. The number of aryl methyl sites for hydroxylation is 1. The van der Waals surface area contributed by atoms with Crippen molar-refractivity contribution in [1.82, 2.24) is 16.2 Å². The van der Waals surface area contributed by atoms with Crippen LogP contribution in [0, 0.1) is 6.92 Å². The van der Waals surface area contributed by atoms with Gasteiger partial charge in [-0.25, -0.2) is 0 Å². The van der Waals surface area contributed by atoms with E-state index < -0.39 is 5.91 Å². The normalized spacial score (nSPS) is 9.84. The number of amides is 2. The molecule has 2 aromatic rings. The number of ether oxygens (including phenoxy) is 1. The Hall–Kier alpha value is -2.93. The molecule has 0 saturated heterocycles. The van der Waals surface area contributed by atoms with Gasteiger partial charge in [0.25, 0.3) is 11.8 Å². The predicted molar refractivity (Wildman–Crippen MR) is 99.5 cm³/mol. The van der Waals surface area contributed by atoms with E-state index in [4.69, 9.17) is 17.0 Å². The molecular formula is C18H19N3O3S. The van der Waals surface area contributed by atoms with Crippen molar-refractivity contribution in [2.24, 2.45) is 0 Å². The fourth-order valence-electron chi connectivity index (χ4n) is 1.99. The monoisotopic (exact) mass is 357 g/mol. The third-order valence-corrected chi connectivity index (χ3v) is 3.44. The number of nitrogens with one attached hydrogen (secondary N) is 3. The molecule has 7 heteroatoms. The Morgan fingerprint density at radius 2 is 1.72 bits per heavy atom. The van der Waals surface area contributed by atoms with Crippen LogP contribution in [0.4, 0.5) is 0 Å². The van der Waals surface area contributed by atoms with Gasteiger partial charge in [0, 0.05) is 11.1 Å². The molecule has 0 unspecified atom stereocenters. The average Bonchev–Trinajstić information content (AvgIpc) is 2.61. The number of hydrazine groups is 1. The molecule has 0 bridgehead atoms. The maximum absolute atomic E-state index is 12.2. The van der Waals surface area contributed by atoms with Gasteiger partial charge in [-0.15, -0.1) is 0 Å². The van der Waals surface area contributed by atoms with Crippen molar-refractivity contribution < 1.29 is 14.3 Å². The lowest BCUT2D eigenvalue weighted by Gasteiger charge is -2.11. The Bertz CT molecular complexity index is 775. The number of carbonyl (C=O) groups is 2. The van der Waals surface area contributed by atoms with E-state index in [0.29, 0.717) is 23.5 Å². The highest BCUT2D eigenvalue weighted by Gasteiger charge is 2.10. The van der Waals surface area contributed by atoms with Crippen molar-refractivity contribution >= 4 is 29.1 Å². The van der Waals surface area contributed by atoms with Crippen LogP contribution in [0.2, 0.25) is 0 Å². The summed E-state index contributed by atoms with van der Waals surface area (Å²) in [6.07, 6.45) is 0. The van der Waals surface area contributed by atoms with Gasteiger partial charge in [-0.3, -0.25) is 25.8 Å². The van der Waals surface area contributed by atoms with Crippen LogP contribution in [0.25, 0.3) is 0 Å². The lowest BCUT2D eigenvalue weighted by Crippen LogP contribution is -2.48. The van der Waals surface area contributed by atoms with Crippen molar-refractivity contribution in [3.63, 3.8) is 0 Å². The van der Waals surface area contributed by atoms with Crippen LogP contribution >= 0.6 is 12.2 Å². The molecule has 0 radical (unpaired) electrons. The summed E-state index contributed by atoms with van der Waals surface area (Å²) < 4.78 is 5.35. The van der Waals surface area contributed by atoms with E-state index in [1.807, 2.05) is 26.0 Å². The first-order valence-corrected chi connectivity index (χ1v) is 8.11. The fraction of sp³-hybridized carbons (Fsp3) is 0.167. The van der Waals surface area contributed by atoms with Crippen LogP contribution in [0.15, 0.2) is 48.5 Å². The molecule has 25 heavy (non-hydrogen) atoms. The summed E-state index contributed by atoms with van der Waals surface area (Å²) >= 11 is 5.01. The standard InChI is InChI=1S/C18H19N3O3S/c1-3-24-15-6-4-5-14(11-15)16(22)19-18(25)21-20-17(23)13-9-7-12(2)8-10-13/h4-11H,3H2,1-2H3,(H,20,23)(H2,19,21,22,25). The summed E-state index contributed by atoms with van der Waals surface area (Å²) in [5.41, 5.74) is 6.88. The van der Waals surface area contributed by atoms with Crippen LogP contribution < -0.4 is 20.9 Å². The zero-order chi connectivity index (χ0) is 18.2. The van der Waals surface area contributed by atoms with Crippen molar-refractivity contribution in [1.29, 1.82) is 0 Å². The maximum atomic E-state index is 12.2. The van der Waals surface area contributed by atoms with Crippen molar-refractivity contribution in [3.8, 4) is 5.75 Å². The Labute approximate surface area is 151 Å². The minimum atomic E-state index is -0.399. The van der Waals surface area contributed by atoms with Crippen LogP contribution in [0.3, 0.4) is 0 Å². The van der Waals surface area contributed by atoms with E-state index in [2.05, 4.69) is 16.2 Å². The van der Waals surface area contributed by atoms with Crippen LogP contribution in [0.1, 0.15) is 33.2 Å². The van der Waals surface area contributed by atoms with Crippen LogP contribution in [-0.4, -0.2) is 23.5 Å². The number of hydrogen-bond acceptors (Lipinski definition) is 4. The third-order valence-electron chi connectivity index (χ3n) is 3.24. The van der Waals surface area contributed by atoms with E-state index >= 15 is 0 Å². The first-order valence-electron chi connectivity index (χ1n) is 7.71. The maximum Gasteiger partial charge on any atom is 0.269 e. The average molecular weight is 357 g/mol. The second-order valence-electron chi connectivity index (χ2n) is 5.19. The summed E-state index contributed by atoms with van der Waals surface area (Å²) in [4.78, 5) is 24.1. The van der Waals surface area contributed by atoms with Gasteiger partial charge in [0.1, 0.15) is 5.75 Å². The van der Waals surface area contributed by atoms with Crippen molar-refractivity contribution in [3.05, 3.63) is 65.2 Å². The van der Waals surface area contributed by atoms with Crippen LogP contribution in [0.5, 0.6) is 5.75 Å². The first kappa shape index (κ1) is 18.4. The van der Waals surface area contributed by atoms with E-state index in [0.717, 1.165) is 5.56 Å². The van der Waals surface area contributed by atoms with Gasteiger partial charge >= 0.3 is 0 Å². The fourth-order valence-corrected chi connectivity index (χ4v) is 2.13. The Morgan fingerprint density at radius 1 is 1.00 bits per heavy atom. The smallest absolute Gasteiger partial charge is 0.269 e. The van der Waals surface area contributed by atoms with Gasteiger partial charge in [-0.2, -0.15) is 0 Å². The molecule has 6 nitrogen and oxygen atoms in total. The summed E-state index contributed by atoms with van der Waals surface area (Å²) in [6, 6.07) is 13.8. The number of benzene rings is 2. The lowest BCUT2D eigenvalue weighted by molar-refractivity contribution is 0.0934. The predicted octanol–water partition coefficient (Wildman–Crippen LogP) is 2.34. The van der Waals surface area contributed by atoms with E-state index in [-0.39, 0.29) is 11.0 Å². The molecule has 2 aromatic carbocycles. The second-order valence-corrected chi connectivity index (χ2v) is 5.60. The van der Waals surface area contributed by atoms with E-state index in [9.17, 15) is 9.59 Å². The van der Waals surface area contributed by atoms with Crippen molar-refractivity contribution in [2.75, 3.05) is 6.61 Å². The summed E-state index contributed by atoms with van der Waals surface area (Å²) in [5.74, 6) is -0.153. The molecule has 2 rings (SSSR count). The molecule has 0 atom stereocenters. The molecule has 0 saturated carbocycles. The number of rotatable bonds is 4. The molecule has 0 heterocycles. The van der Waals surface area contributed by atoms with Gasteiger partial charge in [-0.05, 0) is 56.4 Å². The lowest BCUT2D eigenvalue weighted by atomic mass is 10.1. The summed E-state index contributed by atoms with van der Waals surface area (Å²) in [6.45, 7) is 4.31. The Morgan fingerprint density at radius 3 is 2.40 bits per heavy atom. The highest BCUT2D eigenvalue weighted by atomic mass is 32.1. The molecule has 0 aliphatic heterocycles. The molecule has 0 spiro atoms. The highest BCUT2D eigenvalue weighted by molar-refractivity contribution is 7.80. The number of thiocarbonyl (C=S) groups is 1.